The molecule has 6 rings (SSSR count). The number of hydrogen-bond acceptors (Lipinski definition) is 3. The summed E-state index contributed by atoms with van der Waals surface area (Å²) < 4.78 is 12.5. The van der Waals surface area contributed by atoms with Crippen LogP contribution in [-0.4, -0.2) is 24.0 Å². The molecule has 0 amide bonds. The van der Waals surface area contributed by atoms with Crippen molar-refractivity contribution in [2.75, 3.05) is 0 Å². The van der Waals surface area contributed by atoms with E-state index in [1.54, 1.807) is 0 Å². The molecule has 3 aliphatic rings. The van der Waals surface area contributed by atoms with Gasteiger partial charge in [-0.05, 0) is 99.0 Å². The highest BCUT2D eigenvalue weighted by Crippen LogP contribution is 2.42. The summed E-state index contributed by atoms with van der Waals surface area (Å²) in [6.07, 6.45) is 9.03. The third-order valence-corrected chi connectivity index (χ3v) is 9.34. The Morgan fingerprint density at radius 3 is 2.17 bits per heavy atom. The van der Waals surface area contributed by atoms with Gasteiger partial charge >= 0.3 is 7.12 Å². The maximum atomic E-state index is 6.25. The number of allylic oxidation sites excluding steroid dienone is 4. The minimum absolute atomic E-state index is 0.322. The largest absolute Gasteiger partial charge is 0.494 e. The fraction of sp³-hybridized carbons (Fsp3) is 0.361. The Bertz CT molecular complexity index is 1450. The predicted molar refractivity (Wildman–Crippen MR) is 168 cm³/mol. The lowest BCUT2D eigenvalue weighted by atomic mass is 9.76. The van der Waals surface area contributed by atoms with Gasteiger partial charge in [0.1, 0.15) is 0 Å². The molecule has 40 heavy (non-hydrogen) atoms. The topological polar surface area (TPSA) is 30.8 Å². The van der Waals surface area contributed by atoms with E-state index in [1.165, 1.54) is 33.5 Å². The zero-order valence-electron chi connectivity index (χ0n) is 24.5. The van der Waals surface area contributed by atoms with Crippen molar-refractivity contribution in [1.82, 2.24) is 0 Å². The fourth-order valence-electron chi connectivity index (χ4n) is 6.26. The highest BCUT2D eigenvalue weighted by Gasteiger charge is 2.51. The monoisotopic (exact) mass is 529 g/mol. The maximum Gasteiger partial charge on any atom is 0.494 e. The summed E-state index contributed by atoms with van der Waals surface area (Å²) in [7, 11) is -0.322. The molecular formula is C36H40BNO2. The van der Waals surface area contributed by atoms with Crippen LogP contribution in [0.5, 0.6) is 0 Å². The van der Waals surface area contributed by atoms with Gasteiger partial charge in [-0.3, -0.25) is 4.99 Å². The molecule has 0 bridgehead atoms. The summed E-state index contributed by atoms with van der Waals surface area (Å²) in [5, 5.41) is 0. The summed E-state index contributed by atoms with van der Waals surface area (Å²) in [6, 6.07) is 28.2. The molecule has 0 radical (unpaired) electrons. The Hall–Kier alpha value is -3.21. The van der Waals surface area contributed by atoms with Crippen LogP contribution >= 0.6 is 0 Å². The van der Waals surface area contributed by atoms with Gasteiger partial charge in [-0.2, -0.15) is 0 Å². The zero-order valence-corrected chi connectivity index (χ0v) is 24.5. The quantitative estimate of drug-likeness (QED) is 0.311. The molecule has 2 atom stereocenters. The SMILES string of the molecule is CC1CC(CC2CCC(c3ccccc3)=Nc3ccccc32)=CC=C1c1ccc(B2OC(C)(C)C(C)(C)O2)cc1. The minimum Gasteiger partial charge on any atom is -0.399 e. The van der Waals surface area contributed by atoms with Crippen molar-refractivity contribution in [2.45, 2.75) is 77.4 Å². The van der Waals surface area contributed by atoms with Crippen LogP contribution in [0.3, 0.4) is 0 Å². The van der Waals surface area contributed by atoms with E-state index >= 15 is 0 Å². The zero-order chi connectivity index (χ0) is 27.9. The van der Waals surface area contributed by atoms with Gasteiger partial charge in [-0.15, -0.1) is 0 Å². The van der Waals surface area contributed by atoms with Crippen LogP contribution in [0.2, 0.25) is 0 Å². The molecule has 1 fully saturated rings. The average Bonchev–Trinajstić information content (AvgIpc) is 3.06. The third-order valence-electron chi connectivity index (χ3n) is 9.34. The van der Waals surface area contributed by atoms with Gasteiger partial charge < -0.3 is 9.31 Å². The molecule has 3 aromatic rings. The molecule has 0 saturated carbocycles. The summed E-state index contributed by atoms with van der Waals surface area (Å²) in [6.45, 7) is 10.8. The van der Waals surface area contributed by atoms with E-state index in [2.05, 4.69) is 126 Å². The van der Waals surface area contributed by atoms with Crippen LogP contribution in [-0.2, 0) is 9.31 Å². The van der Waals surface area contributed by atoms with E-state index in [0.29, 0.717) is 11.8 Å². The lowest BCUT2D eigenvalue weighted by Gasteiger charge is -2.32. The number of hydrogen-bond donors (Lipinski definition) is 0. The van der Waals surface area contributed by atoms with Gasteiger partial charge in [0.2, 0.25) is 0 Å². The lowest BCUT2D eigenvalue weighted by molar-refractivity contribution is 0.00578. The predicted octanol–water partition coefficient (Wildman–Crippen LogP) is 8.42. The summed E-state index contributed by atoms with van der Waals surface area (Å²) in [5.41, 5.74) is 9.59. The first-order valence-corrected chi connectivity index (χ1v) is 14.8. The second-order valence-corrected chi connectivity index (χ2v) is 12.7. The van der Waals surface area contributed by atoms with Gasteiger partial charge in [0.25, 0.3) is 0 Å². The standard InChI is InChI=1S/C36H40BNO2/c1-25-23-26(15-21-31(25)27-16-19-30(20-17-27)37-39-35(2,3)36(4,5)40-37)24-29-18-22-33(28-11-7-6-8-12-28)38-34-14-10-9-13-32(29)34/h6-17,19-21,25,29H,18,22-24H2,1-5H3. The molecule has 3 aromatic carbocycles. The van der Waals surface area contributed by atoms with Crippen molar-refractivity contribution in [3.8, 4) is 0 Å². The lowest BCUT2D eigenvalue weighted by Crippen LogP contribution is -2.41. The number of aliphatic imine (C=N–C) groups is 1. The highest BCUT2D eigenvalue weighted by molar-refractivity contribution is 6.62. The van der Waals surface area contributed by atoms with Crippen LogP contribution in [0.1, 0.15) is 82.9 Å². The van der Waals surface area contributed by atoms with Crippen LogP contribution in [0.4, 0.5) is 5.69 Å². The second-order valence-electron chi connectivity index (χ2n) is 12.7. The molecule has 2 heterocycles. The number of benzene rings is 3. The van der Waals surface area contributed by atoms with E-state index < -0.39 is 0 Å². The first kappa shape index (κ1) is 27.0. The smallest absolute Gasteiger partial charge is 0.399 e. The summed E-state index contributed by atoms with van der Waals surface area (Å²) in [5.74, 6) is 0.952. The third kappa shape index (κ3) is 5.28. The first-order chi connectivity index (χ1) is 19.2. The molecule has 0 N–H and O–H groups in total. The Morgan fingerprint density at radius 2 is 1.48 bits per heavy atom. The van der Waals surface area contributed by atoms with Crippen molar-refractivity contribution in [3.63, 3.8) is 0 Å². The van der Waals surface area contributed by atoms with E-state index in [4.69, 9.17) is 14.3 Å². The van der Waals surface area contributed by atoms with Crippen LogP contribution in [0, 0.1) is 5.92 Å². The number of para-hydroxylation sites is 1. The van der Waals surface area contributed by atoms with Gasteiger partial charge in [-0.1, -0.05) is 97.4 Å². The molecule has 204 valence electrons. The Morgan fingerprint density at radius 1 is 0.800 bits per heavy atom. The first-order valence-electron chi connectivity index (χ1n) is 14.8. The normalized spacial score (nSPS) is 23.5. The highest BCUT2D eigenvalue weighted by atomic mass is 16.7. The molecule has 1 aliphatic carbocycles. The Kier molecular flexibility index (Phi) is 7.18. The number of nitrogens with zero attached hydrogens (tertiary/aromatic N) is 1. The average molecular weight is 530 g/mol. The van der Waals surface area contributed by atoms with E-state index in [-0.39, 0.29) is 18.3 Å². The number of fused-ring (bicyclic) bond motifs is 1. The summed E-state index contributed by atoms with van der Waals surface area (Å²) >= 11 is 0. The van der Waals surface area contributed by atoms with Crippen molar-refractivity contribution in [1.29, 1.82) is 0 Å². The summed E-state index contributed by atoms with van der Waals surface area (Å²) in [4.78, 5) is 5.14. The van der Waals surface area contributed by atoms with E-state index in [9.17, 15) is 0 Å². The maximum absolute atomic E-state index is 6.25. The molecule has 0 spiro atoms. The van der Waals surface area contributed by atoms with Crippen molar-refractivity contribution >= 4 is 29.6 Å². The van der Waals surface area contributed by atoms with Crippen LogP contribution < -0.4 is 5.46 Å². The number of rotatable bonds is 5. The van der Waals surface area contributed by atoms with E-state index in [1.807, 2.05) is 0 Å². The van der Waals surface area contributed by atoms with Crippen molar-refractivity contribution < 1.29 is 9.31 Å². The molecule has 3 nitrogen and oxygen atoms in total. The Labute approximate surface area is 240 Å². The van der Waals surface area contributed by atoms with Crippen molar-refractivity contribution in [3.05, 3.63) is 113 Å². The molecule has 4 heteroatoms. The van der Waals surface area contributed by atoms with Gasteiger partial charge in [0, 0.05) is 5.71 Å². The van der Waals surface area contributed by atoms with Crippen LogP contribution in [0.25, 0.3) is 5.57 Å². The molecule has 0 aromatic heterocycles. The minimum atomic E-state index is -0.328. The van der Waals surface area contributed by atoms with Gasteiger partial charge in [-0.25, -0.2) is 0 Å². The fourth-order valence-corrected chi connectivity index (χ4v) is 6.26. The van der Waals surface area contributed by atoms with Crippen molar-refractivity contribution in [2.24, 2.45) is 10.9 Å². The second kappa shape index (κ2) is 10.6. The Balaban J connectivity index is 1.18. The molecule has 2 unspecified atom stereocenters. The van der Waals surface area contributed by atoms with Gasteiger partial charge in [0.15, 0.2) is 0 Å². The van der Waals surface area contributed by atoms with Gasteiger partial charge in [0.05, 0.1) is 16.9 Å². The van der Waals surface area contributed by atoms with Crippen LogP contribution in [0.15, 0.2) is 102 Å². The molecule has 1 saturated heterocycles. The molecular weight excluding hydrogens is 489 g/mol. The molecule has 2 aliphatic heterocycles. The van der Waals surface area contributed by atoms with E-state index in [0.717, 1.165) is 36.8 Å².